The van der Waals surface area contributed by atoms with Gasteiger partial charge in [0.05, 0.1) is 11.6 Å². The molecule has 4 nitrogen and oxygen atoms in total. The van der Waals surface area contributed by atoms with Crippen molar-refractivity contribution in [1.29, 1.82) is 5.26 Å². The first-order valence-corrected chi connectivity index (χ1v) is 6.98. The maximum atomic E-state index is 8.87. The van der Waals surface area contributed by atoms with E-state index < -0.39 is 0 Å². The van der Waals surface area contributed by atoms with Crippen LogP contribution in [-0.4, -0.2) is 37.6 Å². The Bertz CT molecular complexity index is 430. The van der Waals surface area contributed by atoms with E-state index in [1.54, 1.807) is 0 Å². The van der Waals surface area contributed by atoms with Crippen molar-refractivity contribution in [2.75, 3.05) is 38.0 Å². The molecule has 0 aromatic heterocycles. The smallest absolute Gasteiger partial charge is 0.0992 e. The summed E-state index contributed by atoms with van der Waals surface area (Å²) in [5.41, 5.74) is 7.33. The summed E-state index contributed by atoms with van der Waals surface area (Å²) in [6, 6.07) is 9.84. The molecule has 0 unspecified atom stereocenters. The lowest BCUT2D eigenvalue weighted by Gasteiger charge is -2.31. The number of anilines is 1. The lowest BCUT2D eigenvalue weighted by Crippen LogP contribution is -2.38. The lowest BCUT2D eigenvalue weighted by molar-refractivity contribution is 0.194. The van der Waals surface area contributed by atoms with Crippen molar-refractivity contribution in [3.8, 4) is 6.07 Å². The van der Waals surface area contributed by atoms with Crippen LogP contribution in [0.25, 0.3) is 0 Å². The minimum Gasteiger partial charge on any atom is -0.385 e. The van der Waals surface area contributed by atoms with Gasteiger partial charge in [-0.3, -0.25) is 0 Å². The summed E-state index contributed by atoms with van der Waals surface area (Å²) in [4.78, 5) is 2.44. The maximum absolute atomic E-state index is 8.87. The van der Waals surface area contributed by atoms with Crippen LogP contribution in [0.4, 0.5) is 5.69 Å². The van der Waals surface area contributed by atoms with Crippen LogP contribution >= 0.6 is 0 Å². The highest BCUT2D eigenvalue weighted by Crippen LogP contribution is 2.18. The van der Waals surface area contributed by atoms with E-state index in [0.29, 0.717) is 5.56 Å². The van der Waals surface area contributed by atoms with Crippen molar-refractivity contribution in [1.82, 2.24) is 4.90 Å². The third-order valence-electron chi connectivity index (χ3n) is 3.74. The molecule has 1 heterocycles. The number of nitrogens with one attached hydrogen (secondary N) is 1. The average Bonchev–Trinajstić information content (AvgIpc) is 2.47. The lowest BCUT2D eigenvalue weighted by atomic mass is 9.96. The first-order valence-electron chi connectivity index (χ1n) is 6.98. The Kier molecular flexibility index (Phi) is 5.20. The largest absolute Gasteiger partial charge is 0.385 e. The molecule has 1 aliphatic heterocycles. The fourth-order valence-electron chi connectivity index (χ4n) is 2.56. The molecule has 0 amide bonds. The number of hydrogen-bond acceptors (Lipinski definition) is 4. The normalized spacial score (nSPS) is 17.1. The molecule has 0 radical (unpaired) electrons. The average molecular weight is 258 g/mol. The Hall–Kier alpha value is -1.57. The molecule has 1 aromatic rings. The van der Waals surface area contributed by atoms with E-state index >= 15 is 0 Å². The minimum absolute atomic E-state index is 0.711. The van der Waals surface area contributed by atoms with Crippen molar-refractivity contribution in [3.63, 3.8) is 0 Å². The zero-order valence-electron chi connectivity index (χ0n) is 11.3. The molecule has 0 atom stereocenters. The Labute approximate surface area is 115 Å². The number of likely N-dealkylation sites (tertiary alicyclic amines) is 1. The second-order valence-electron chi connectivity index (χ2n) is 5.15. The fraction of sp³-hybridized carbons (Fsp3) is 0.533. The first kappa shape index (κ1) is 13.9. The Morgan fingerprint density at radius 1 is 1.37 bits per heavy atom. The summed E-state index contributed by atoms with van der Waals surface area (Å²) in [6.07, 6.45) is 2.45. The van der Waals surface area contributed by atoms with Gasteiger partial charge in [0, 0.05) is 25.3 Å². The van der Waals surface area contributed by atoms with Crippen molar-refractivity contribution < 1.29 is 0 Å². The van der Waals surface area contributed by atoms with Crippen LogP contribution in [0.1, 0.15) is 18.4 Å². The number of hydrogen-bond donors (Lipinski definition) is 2. The third-order valence-corrected chi connectivity index (χ3v) is 3.74. The van der Waals surface area contributed by atoms with Crippen LogP contribution in [0.3, 0.4) is 0 Å². The minimum atomic E-state index is 0.711. The van der Waals surface area contributed by atoms with Gasteiger partial charge in [-0.15, -0.1) is 0 Å². The van der Waals surface area contributed by atoms with Gasteiger partial charge in [0.25, 0.3) is 0 Å². The van der Waals surface area contributed by atoms with Gasteiger partial charge < -0.3 is 16.0 Å². The number of piperidine rings is 1. The predicted molar refractivity (Wildman–Crippen MR) is 77.9 cm³/mol. The fourth-order valence-corrected chi connectivity index (χ4v) is 2.56. The Balaban J connectivity index is 1.76. The van der Waals surface area contributed by atoms with Crippen LogP contribution in [-0.2, 0) is 0 Å². The molecule has 102 valence electrons. The third kappa shape index (κ3) is 4.23. The molecule has 3 N–H and O–H groups in total. The molecule has 0 bridgehead atoms. The van der Waals surface area contributed by atoms with Gasteiger partial charge >= 0.3 is 0 Å². The van der Waals surface area contributed by atoms with E-state index in [9.17, 15) is 0 Å². The number of nitrogens with two attached hydrogens (primary N) is 1. The van der Waals surface area contributed by atoms with E-state index in [2.05, 4.69) is 16.3 Å². The zero-order valence-corrected chi connectivity index (χ0v) is 11.3. The summed E-state index contributed by atoms with van der Waals surface area (Å²) in [5.74, 6) is 0.722. The maximum Gasteiger partial charge on any atom is 0.0992 e. The first-order chi connectivity index (χ1) is 9.31. The summed E-state index contributed by atoms with van der Waals surface area (Å²) in [6.45, 7) is 5.07. The number of nitrogens with zero attached hydrogens (tertiary/aromatic N) is 2. The van der Waals surface area contributed by atoms with Crippen LogP contribution in [0.15, 0.2) is 24.3 Å². The number of rotatable bonds is 5. The van der Waals surface area contributed by atoms with Gasteiger partial charge in [0.15, 0.2) is 0 Å². The molecule has 19 heavy (non-hydrogen) atoms. The summed E-state index contributed by atoms with van der Waals surface area (Å²) in [5, 5.41) is 12.3. The van der Waals surface area contributed by atoms with Crippen LogP contribution in [0.2, 0.25) is 0 Å². The molecule has 4 heteroatoms. The summed E-state index contributed by atoms with van der Waals surface area (Å²) >= 11 is 0. The molecular formula is C15H22N4. The monoisotopic (exact) mass is 258 g/mol. The standard InChI is InChI=1S/C15H22N4/c16-6-9-19-7-4-13(5-8-19)12-18-15-3-1-2-14(10-15)11-17/h1-3,10,13,18H,4-9,12,16H2. The number of benzene rings is 1. The van der Waals surface area contributed by atoms with Crippen LogP contribution in [0, 0.1) is 17.2 Å². The molecule has 1 aliphatic rings. The second-order valence-corrected chi connectivity index (χ2v) is 5.15. The van der Waals surface area contributed by atoms with E-state index in [1.165, 1.54) is 12.8 Å². The Morgan fingerprint density at radius 3 is 2.84 bits per heavy atom. The van der Waals surface area contributed by atoms with Crippen molar-refractivity contribution in [3.05, 3.63) is 29.8 Å². The quantitative estimate of drug-likeness (QED) is 0.842. The summed E-state index contributed by atoms with van der Waals surface area (Å²) < 4.78 is 0. The van der Waals surface area contributed by atoms with Crippen molar-refractivity contribution in [2.45, 2.75) is 12.8 Å². The highest BCUT2D eigenvalue weighted by atomic mass is 15.1. The molecule has 1 aromatic carbocycles. The molecule has 1 fully saturated rings. The molecule has 0 saturated carbocycles. The van der Waals surface area contributed by atoms with E-state index in [-0.39, 0.29) is 0 Å². The van der Waals surface area contributed by atoms with Crippen molar-refractivity contribution in [2.24, 2.45) is 11.7 Å². The van der Waals surface area contributed by atoms with Gasteiger partial charge in [0.2, 0.25) is 0 Å². The molecule has 0 spiro atoms. The zero-order chi connectivity index (χ0) is 13.5. The number of nitriles is 1. The highest BCUT2D eigenvalue weighted by molar-refractivity contribution is 5.49. The molecule has 1 saturated heterocycles. The SMILES string of the molecule is N#Cc1cccc(NCC2CCN(CCN)CC2)c1. The predicted octanol–water partition coefficient (Wildman–Crippen LogP) is 1.64. The molecule has 2 rings (SSSR count). The van der Waals surface area contributed by atoms with Gasteiger partial charge in [-0.2, -0.15) is 5.26 Å². The molecule has 0 aliphatic carbocycles. The van der Waals surface area contributed by atoms with Gasteiger partial charge in [-0.1, -0.05) is 6.07 Å². The van der Waals surface area contributed by atoms with Crippen LogP contribution in [0.5, 0.6) is 0 Å². The highest BCUT2D eigenvalue weighted by Gasteiger charge is 2.18. The topological polar surface area (TPSA) is 65.1 Å². The second kappa shape index (κ2) is 7.13. The van der Waals surface area contributed by atoms with Gasteiger partial charge in [-0.05, 0) is 50.0 Å². The summed E-state index contributed by atoms with van der Waals surface area (Å²) in [7, 11) is 0. The molecular weight excluding hydrogens is 236 g/mol. The van der Waals surface area contributed by atoms with Gasteiger partial charge in [-0.25, -0.2) is 0 Å². The van der Waals surface area contributed by atoms with Crippen LogP contribution < -0.4 is 11.1 Å². The van der Waals surface area contributed by atoms with E-state index in [0.717, 1.165) is 44.3 Å². The van der Waals surface area contributed by atoms with Gasteiger partial charge in [0.1, 0.15) is 0 Å². The van der Waals surface area contributed by atoms with E-state index in [1.807, 2.05) is 24.3 Å². The van der Waals surface area contributed by atoms with E-state index in [4.69, 9.17) is 11.0 Å². The van der Waals surface area contributed by atoms with Crippen molar-refractivity contribution >= 4 is 5.69 Å². The Morgan fingerprint density at radius 2 is 2.16 bits per heavy atom.